The Balaban J connectivity index is 1.36. The first-order valence-corrected chi connectivity index (χ1v) is 7.87. The summed E-state index contributed by atoms with van der Waals surface area (Å²) in [6.45, 7) is 5.01. The Morgan fingerprint density at radius 3 is 2.39 bits per heavy atom. The van der Waals surface area contributed by atoms with Crippen molar-refractivity contribution in [2.45, 2.75) is 63.5 Å². The lowest BCUT2D eigenvalue weighted by molar-refractivity contribution is 0.0407. The smallest absolute Gasteiger partial charge is 0.0595 e. The number of ether oxygens (including phenoxy) is 1. The molecule has 3 nitrogen and oxygen atoms in total. The molecule has 1 saturated carbocycles. The molecule has 0 unspecified atom stereocenters. The molecule has 1 aliphatic carbocycles. The highest BCUT2D eigenvalue weighted by Crippen LogP contribution is 2.18. The topological polar surface area (TPSA) is 24.5 Å². The van der Waals surface area contributed by atoms with E-state index in [1.54, 1.807) is 0 Å². The van der Waals surface area contributed by atoms with Crippen molar-refractivity contribution in [1.82, 2.24) is 10.2 Å². The maximum atomic E-state index is 5.40. The summed E-state index contributed by atoms with van der Waals surface area (Å²) in [6.07, 6.45) is 11.3. The number of hydrogen-bond donors (Lipinski definition) is 1. The van der Waals surface area contributed by atoms with Crippen molar-refractivity contribution in [2.75, 3.05) is 33.3 Å². The quantitative estimate of drug-likeness (QED) is 0.640. The van der Waals surface area contributed by atoms with E-state index in [4.69, 9.17) is 4.74 Å². The molecular formula is C15H30N2O. The Morgan fingerprint density at radius 1 is 1.00 bits per heavy atom. The van der Waals surface area contributed by atoms with Gasteiger partial charge in [0, 0.05) is 26.2 Å². The summed E-state index contributed by atoms with van der Waals surface area (Å²) in [6, 6.07) is 0.882. The number of nitrogens with zero attached hydrogens (tertiary/aromatic N) is 1. The van der Waals surface area contributed by atoms with E-state index in [0.717, 1.165) is 6.04 Å². The lowest BCUT2D eigenvalue weighted by atomic mass is 10.1. The SMILES string of the molecule is COC1CCN(CCCCCCNC2CC2)CC1. The first-order valence-electron chi connectivity index (χ1n) is 7.87. The fourth-order valence-corrected chi connectivity index (χ4v) is 2.78. The highest BCUT2D eigenvalue weighted by molar-refractivity contribution is 4.80. The van der Waals surface area contributed by atoms with Crippen LogP contribution in [0.2, 0.25) is 0 Å². The van der Waals surface area contributed by atoms with E-state index in [1.165, 1.54) is 77.5 Å². The summed E-state index contributed by atoms with van der Waals surface area (Å²) in [4.78, 5) is 2.61. The normalized spacial score (nSPS) is 22.5. The van der Waals surface area contributed by atoms with Crippen molar-refractivity contribution in [3.05, 3.63) is 0 Å². The largest absolute Gasteiger partial charge is 0.381 e. The van der Waals surface area contributed by atoms with E-state index in [1.807, 2.05) is 7.11 Å². The van der Waals surface area contributed by atoms with Gasteiger partial charge < -0.3 is 15.0 Å². The molecule has 18 heavy (non-hydrogen) atoms. The van der Waals surface area contributed by atoms with Crippen molar-refractivity contribution < 1.29 is 4.74 Å². The summed E-state index contributed by atoms with van der Waals surface area (Å²) in [5, 5.41) is 3.58. The van der Waals surface area contributed by atoms with E-state index in [-0.39, 0.29) is 0 Å². The van der Waals surface area contributed by atoms with Crippen LogP contribution >= 0.6 is 0 Å². The van der Waals surface area contributed by atoms with Gasteiger partial charge >= 0.3 is 0 Å². The van der Waals surface area contributed by atoms with Crippen molar-refractivity contribution in [2.24, 2.45) is 0 Å². The minimum absolute atomic E-state index is 0.523. The summed E-state index contributed by atoms with van der Waals surface area (Å²) in [7, 11) is 1.84. The van der Waals surface area contributed by atoms with Gasteiger partial charge in [-0.25, -0.2) is 0 Å². The predicted octanol–water partition coefficient (Wildman–Crippen LogP) is 2.41. The van der Waals surface area contributed by atoms with Gasteiger partial charge in [0.25, 0.3) is 0 Å². The lowest BCUT2D eigenvalue weighted by Crippen LogP contribution is -2.37. The number of rotatable bonds is 9. The Kier molecular flexibility index (Phi) is 6.46. The molecule has 0 amide bonds. The molecule has 2 aliphatic rings. The number of methoxy groups -OCH3 is 1. The van der Waals surface area contributed by atoms with Crippen molar-refractivity contribution in [3.63, 3.8) is 0 Å². The van der Waals surface area contributed by atoms with Gasteiger partial charge in [0.2, 0.25) is 0 Å². The van der Waals surface area contributed by atoms with Gasteiger partial charge in [0.05, 0.1) is 6.10 Å². The van der Waals surface area contributed by atoms with E-state index >= 15 is 0 Å². The van der Waals surface area contributed by atoms with Gasteiger partial charge in [0.15, 0.2) is 0 Å². The van der Waals surface area contributed by atoms with Crippen LogP contribution in [0.15, 0.2) is 0 Å². The fourth-order valence-electron chi connectivity index (χ4n) is 2.78. The summed E-state index contributed by atoms with van der Waals surface area (Å²) in [5.74, 6) is 0. The van der Waals surface area contributed by atoms with Gasteiger partial charge in [-0.1, -0.05) is 12.8 Å². The summed E-state index contributed by atoms with van der Waals surface area (Å²) < 4.78 is 5.40. The Labute approximate surface area is 112 Å². The van der Waals surface area contributed by atoms with Gasteiger partial charge in [-0.2, -0.15) is 0 Å². The molecule has 0 spiro atoms. The standard InChI is InChI=1S/C15H30N2O/c1-18-15-8-12-17(13-9-15)11-5-3-2-4-10-16-14-6-7-14/h14-16H,2-13H2,1H3. The molecule has 3 heteroatoms. The van der Waals surface area contributed by atoms with E-state index in [9.17, 15) is 0 Å². The monoisotopic (exact) mass is 254 g/mol. The van der Waals surface area contributed by atoms with Gasteiger partial charge in [0.1, 0.15) is 0 Å². The van der Waals surface area contributed by atoms with Crippen LogP contribution in [0.25, 0.3) is 0 Å². The van der Waals surface area contributed by atoms with E-state index in [2.05, 4.69) is 10.2 Å². The predicted molar refractivity (Wildman–Crippen MR) is 76.0 cm³/mol. The molecule has 1 aliphatic heterocycles. The second kappa shape index (κ2) is 8.13. The number of hydrogen-bond acceptors (Lipinski definition) is 3. The number of likely N-dealkylation sites (tertiary alicyclic amines) is 1. The molecule has 1 saturated heterocycles. The molecule has 1 heterocycles. The third-order valence-electron chi connectivity index (χ3n) is 4.28. The molecule has 0 atom stereocenters. The Bertz CT molecular complexity index is 211. The Hall–Kier alpha value is -0.120. The molecule has 0 aromatic rings. The molecule has 106 valence electrons. The van der Waals surface area contributed by atoms with Crippen molar-refractivity contribution in [3.8, 4) is 0 Å². The zero-order valence-corrected chi connectivity index (χ0v) is 12.0. The van der Waals surface area contributed by atoms with Crippen LogP contribution in [-0.2, 0) is 4.74 Å². The van der Waals surface area contributed by atoms with Crippen LogP contribution < -0.4 is 5.32 Å². The van der Waals surface area contributed by atoms with Crippen LogP contribution in [-0.4, -0.2) is 50.3 Å². The Morgan fingerprint density at radius 2 is 1.72 bits per heavy atom. The highest BCUT2D eigenvalue weighted by Gasteiger charge is 2.19. The zero-order chi connectivity index (χ0) is 12.6. The molecular weight excluding hydrogens is 224 g/mol. The number of piperidine rings is 1. The third-order valence-corrected chi connectivity index (χ3v) is 4.28. The molecule has 0 bridgehead atoms. The van der Waals surface area contributed by atoms with Crippen LogP contribution in [0.3, 0.4) is 0 Å². The average molecular weight is 254 g/mol. The second-order valence-corrected chi connectivity index (χ2v) is 5.92. The van der Waals surface area contributed by atoms with Gasteiger partial charge in [-0.05, 0) is 51.6 Å². The summed E-state index contributed by atoms with van der Waals surface area (Å²) >= 11 is 0. The number of unbranched alkanes of at least 4 members (excludes halogenated alkanes) is 3. The first kappa shape index (κ1) is 14.3. The van der Waals surface area contributed by atoms with Crippen LogP contribution in [0.4, 0.5) is 0 Å². The van der Waals surface area contributed by atoms with Gasteiger partial charge in [-0.3, -0.25) is 0 Å². The highest BCUT2D eigenvalue weighted by atomic mass is 16.5. The van der Waals surface area contributed by atoms with Crippen molar-refractivity contribution in [1.29, 1.82) is 0 Å². The van der Waals surface area contributed by atoms with E-state index < -0.39 is 0 Å². The van der Waals surface area contributed by atoms with Crippen LogP contribution in [0, 0.1) is 0 Å². The molecule has 0 radical (unpaired) electrons. The zero-order valence-electron chi connectivity index (χ0n) is 12.0. The first-order chi connectivity index (χ1) is 8.88. The number of nitrogens with one attached hydrogen (secondary N) is 1. The molecule has 0 aromatic carbocycles. The van der Waals surface area contributed by atoms with Crippen molar-refractivity contribution >= 4 is 0 Å². The summed E-state index contributed by atoms with van der Waals surface area (Å²) in [5.41, 5.74) is 0. The van der Waals surface area contributed by atoms with Gasteiger partial charge in [-0.15, -0.1) is 0 Å². The maximum absolute atomic E-state index is 5.40. The molecule has 1 N–H and O–H groups in total. The molecule has 2 rings (SSSR count). The minimum Gasteiger partial charge on any atom is -0.381 e. The second-order valence-electron chi connectivity index (χ2n) is 5.92. The lowest BCUT2D eigenvalue weighted by Gasteiger charge is -2.31. The molecule has 2 fully saturated rings. The minimum atomic E-state index is 0.523. The average Bonchev–Trinajstić information content (AvgIpc) is 3.22. The third kappa shape index (κ3) is 5.68. The fraction of sp³-hybridized carbons (Fsp3) is 1.00. The molecule has 0 aromatic heterocycles. The maximum Gasteiger partial charge on any atom is 0.0595 e. The van der Waals surface area contributed by atoms with Crippen LogP contribution in [0.5, 0.6) is 0 Å². The van der Waals surface area contributed by atoms with Crippen LogP contribution in [0.1, 0.15) is 51.4 Å². The van der Waals surface area contributed by atoms with E-state index in [0.29, 0.717) is 6.10 Å².